The van der Waals surface area contributed by atoms with Crippen LogP contribution in [0.15, 0.2) is 40.5 Å². The molecule has 1 unspecified atom stereocenters. The van der Waals surface area contributed by atoms with Crippen LogP contribution < -0.4 is 10.6 Å². The molecule has 7 nitrogen and oxygen atoms in total. The number of piperazine rings is 1. The van der Waals surface area contributed by atoms with Crippen molar-refractivity contribution in [3.63, 3.8) is 0 Å². The molecule has 3 atom stereocenters. The Bertz CT molecular complexity index is 1640. The van der Waals surface area contributed by atoms with Crippen molar-refractivity contribution in [1.82, 2.24) is 19.4 Å². The third kappa shape index (κ3) is 4.73. The first-order chi connectivity index (χ1) is 19.6. The van der Waals surface area contributed by atoms with Crippen LogP contribution in [0.2, 0.25) is 5.02 Å². The van der Waals surface area contributed by atoms with Crippen molar-refractivity contribution in [3.05, 3.63) is 63.6 Å². The second-order valence-electron chi connectivity index (χ2n) is 11.3. The van der Waals surface area contributed by atoms with Gasteiger partial charge in [0.05, 0.1) is 16.6 Å². The second-order valence-corrected chi connectivity index (χ2v) is 12.7. The van der Waals surface area contributed by atoms with E-state index in [-0.39, 0.29) is 40.3 Å². The zero-order valence-electron chi connectivity index (χ0n) is 23.3. The number of benzene rings is 2. The molecule has 11 heteroatoms. The van der Waals surface area contributed by atoms with Crippen LogP contribution in [0.4, 0.5) is 14.6 Å². The SMILES string of the molecule is C=CC(=O)N1C[C@H](C)N(c2nc(=O)n3c4c(c(-c5cc(Cl)c(F)cc5F)c(C)cc24)SCC3CN2CCC2)C[C@H]1C. The number of halogens is 3. The lowest BCUT2D eigenvalue weighted by Crippen LogP contribution is -2.58. The number of anilines is 1. The fourth-order valence-electron chi connectivity index (χ4n) is 6.33. The first-order valence-corrected chi connectivity index (χ1v) is 15.2. The largest absolute Gasteiger partial charge is 0.350 e. The molecule has 216 valence electrons. The average molecular weight is 600 g/mol. The molecule has 3 aliphatic rings. The number of aryl methyl sites for hydroxylation is 1. The highest BCUT2D eigenvalue weighted by atomic mass is 35.5. The van der Waals surface area contributed by atoms with E-state index in [1.165, 1.54) is 12.1 Å². The zero-order chi connectivity index (χ0) is 29.2. The van der Waals surface area contributed by atoms with Crippen molar-refractivity contribution in [2.45, 2.75) is 50.2 Å². The van der Waals surface area contributed by atoms with Gasteiger partial charge >= 0.3 is 5.69 Å². The number of carbonyl (C=O) groups is 1. The highest BCUT2D eigenvalue weighted by Crippen LogP contribution is 2.47. The normalized spacial score (nSPS) is 22.6. The minimum atomic E-state index is -0.817. The van der Waals surface area contributed by atoms with E-state index < -0.39 is 11.6 Å². The summed E-state index contributed by atoms with van der Waals surface area (Å²) < 4.78 is 31.2. The molecule has 2 saturated heterocycles. The van der Waals surface area contributed by atoms with Crippen molar-refractivity contribution < 1.29 is 13.6 Å². The predicted octanol–water partition coefficient (Wildman–Crippen LogP) is 5.27. The van der Waals surface area contributed by atoms with Crippen LogP contribution in [0, 0.1) is 18.6 Å². The van der Waals surface area contributed by atoms with Gasteiger partial charge in [-0.2, -0.15) is 4.98 Å². The molecule has 41 heavy (non-hydrogen) atoms. The minimum absolute atomic E-state index is 0.0973. The van der Waals surface area contributed by atoms with Gasteiger partial charge < -0.3 is 14.7 Å². The van der Waals surface area contributed by atoms with E-state index in [0.29, 0.717) is 35.7 Å². The number of aromatic nitrogens is 2. The topological polar surface area (TPSA) is 61.7 Å². The van der Waals surface area contributed by atoms with Gasteiger partial charge in [0.2, 0.25) is 5.91 Å². The van der Waals surface area contributed by atoms with Gasteiger partial charge in [-0.05, 0) is 64.1 Å². The Hall–Kier alpha value is -2.95. The van der Waals surface area contributed by atoms with Crippen molar-refractivity contribution in [1.29, 1.82) is 0 Å². The van der Waals surface area contributed by atoms with Gasteiger partial charge in [0.1, 0.15) is 17.5 Å². The minimum Gasteiger partial charge on any atom is -0.349 e. The van der Waals surface area contributed by atoms with E-state index in [1.54, 1.807) is 21.2 Å². The van der Waals surface area contributed by atoms with Crippen LogP contribution in [-0.2, 0) is 4.79 Å². The monoisotopic (exact) mass is 599 g/mol. The molecule has 3 aromatic rings. The summed E-state index contributed by atoms with van der Waals surface area (Å²) in [6.45, 7) is 13.2. The van der Waals surface area contributed by atoms with Crippen LogP contribution in [0.25, 0.3) is 22.0 Å². The standard InChI is InChI=1S/C30H32ClF2N5O2S/c1-5-25(39)36-12-18(4)37(13-17(36)3)29-21-9-16(2)26(20-10-22(31)24(33)11-23(20)32)28-27(21)38(30(40)34-29)19(15-41-28)14-35-7-6-8-35/h5,9-11,17-19H,1,6-8,12-15H2,2-4H3/t17-,18+,19?/m1/s1. The molecule has 0 bridgehead atoms. The van der Waals surface area contributed by atoms with Crippen molar-refractivity contribution in [2.75, 3.05) is 43.4 Å². The van der Waals surface area contributed by atoms with Gasteiger partial charge in [-0.25, -0.2) is 13.6 Å². The van der Waals surface area contributed by atoms with Crippen molar-refractivity contribution in [2.24, 2.45) is 0 Å². The molecule has 3 aliphatic heterocycles. The number of thioether (sulfide) groups is 1. The molecule has 0 N–H and O–H groups in total. The molecular weight excluding hydrogens is 568 g/mol. The van der Waals surface area contributed by atoms with Crippen molar-refractivity contribution in [3.8, 4) is 11.1 Å². The van der Waals surface area contributed by atoms with E-state index in [2.05, 4.69) is 21.4 Å². The van der Waals surface area contributed by atoms with E-state index in [1.807, 2.05) is 26.8 Å². The van der Waals surface area contributed by atoms with Crippen molar-refractivity contribution >= 4 is 46.0 Å². The summed E-state index contributed by atoms with van der Waals surface area (Å²) >= 11 is 7.71. The number of rotatable bonds is 5. The zero-order valence-corrected chi connectivity index (χ0v) is 24.9. The lowest BCUT2D eigenvalue weighted by atomic mass is 9.96. The molecule has 4 heterocycles. The summed E-state index contributed by atoms with van der Waals surface area (Å²) in [4.78, 5) is 38.0. The number of nitrogens with zero attached hydrogens (tertiary/aromatic N) is 5. The molecule has 2 aromatic carbocycles. The molecule has 2 fully saturated rings. The fraction of sp³-hybridized carbons (Fsp3) is 0.433. The van der Waals surface area contributed by atoms with Crippen LogP contribution in [0.1, 0.15) is 31.9 Å². The summed E-state index contributed by atoms with van der Waals surface area (Å²) in [7, 11) is 0. The van der Waals surface area contributed by atoms with Crippen LogP contribution >= 0.6 is 23.4 Å². The quantitative estimate of drug-likeness (QED) is 0.294. The second kappa shape index (κ2) is 10.7. The molecular formula is C30H32ClF2N5O2S. The smallest absolute Gasteiger partial charge is 0.349 e. The third-order valence-electron chi connectivity index (χ3n) is 8.54. The number of carbonyl (C=O) groups excluding carboxylic acids is 1. The lowest BCUT2D eigenvalue weighted by molar-refractivity contribution is -0.128. The molecule has 0 spiro atoms. The van der Waals surface area contributed by atoms with Gasteiger partial charge in [-0.15, -0.1) is 11.8 Å². The number of hydrogen-bond acceptors (Lipinski definition) is 6. The van der Waals surface area contributed by atoms with Crippen LogP contribution in [-0.4, -0.2) is 75.8 Å². The van der Waals surface area contributed by atoms with E-state index >= 15 is 4.39 Å². The van der Waals surface area contributed by atoms with E-state index in [9.17, 15) is 14.0 Å². The Kier molecular flexibility index (Phi) is 7.36. The molecule has 0 aliphatic carbocycles. The highest BCUT2D eigenvalue weighted by Gasteiger charge is 2.36. The Morgan fingerprint density at radius 3 is 2.61 bits per heavy atom. The fourth-order valence-corrected chi connectivity index (χ4v) is 7.87. The van der Waals surface area contributed by atoms with Gasteiger partial charge in [0.25, 0.3) is 0 Å². The molecule has 1 amide bonds. The first-order valence-electron chi connectivity index (χ1n) is 13.9. The Labute approximate surface area is 246 Å². The maximum Gasteiger partial charge on any atom is 0.350 e. The first kappa shape index (κ1) is 28.2. The third-order valence-corrected chi connectivity index (χ3v) is 10.1. The van der Waals surface area contributed by atoms with E-state index in [0.717, 1.165) is 48.0 Å². The summed E-state index contributed by atoms with van der Waals surface area (Å²) in [6.07, 6.45) is 2.47. The predicted molar refractivity (Wildman–Crippen MR) is 160 cm³/mol. The van der Waals surface area contributed by atoms with Crippen LogP contribution in [0.5, 0.6) is 0 Å². The lowest BCUT2D eigenvalue weighted by Gasteiger charge is -2.45. The summed E-state index contributed by atoms with van der Waals surface area (Å²) in [5.41, 5.74) is 1.95. The molecule has 0 radical (unpaired) electrons. The highest BCUT2D eigenvalue weighted by molar-refractivity contribution is 7.99. The Morgan fingerprint density at radius 2 is 1.93 bits per heavy atom. The Morgan fingerprint density at radius 1 is 1.17 bits per heavy atom. The Balaban J connectivity index is 1.57. The van der Waals surface area contributed by atoms with Gasteiger partial charge in [-0.1, -0.05) is 18.2 Å². The average Bonchev–Trinajstić information content (AvgIpc) is 2.91. The number of likely N-dealkylation sites (tertiary alicyclic amines) is 1. The molecule has 0 saturated carbocycles. The molecule has 6 rings (SSSR count). The summed E-state index contributed by atoms with van der Waals surface area (Å²) in [5.74, 6) is -0.461. The van der Waals surface area contributed by atoms with Gasteiger partial charge in [0.15, 0.2) is 0 Å². The van der Waals surface area contributed by atoms with E-state index in [4.69, 9.17) is 11.6 Å². The summed E-state index contributed by atoms with van der Waals surface area (Å²) in [6, 6.07) is 3.77. The number of amides is 1. The summed E-state index contributed by atoms with van der Waals surface area (Å²) in [5, 5.41) is 0.643. The maximum absolute atomic E-state index is 15.3. The number of hydrogen-bond donors (Lipinski definition) is 0. The molecule has 1 aromatic heterocycles. The van der Waals surface area contributed by atoms with Gasteiger partial charge in [0, 0.05) is 64.9 Å². The van der Waals surface area contributed by atoms with Crippen LogP contribution in [0.3, 0.4) is 0 Å². The maximum atomic E-state index is 15.3. The van der Waals surface area contributed by atoms with Gasteiger partial charge in [-0.3, -0.25) is 9.36 Å².